The maximum atomic E-state index is 13.3. The number of carbonyl (C=O) groups excluding carboxylic acids is 1. The Hall–Kier alpha value is -2.63. The van der Waals surface area contributed by atoms with Crippen LogP contribution in [0, 0.1) is 18.6 Å². The van der Waals surface area contributed by atoms with E-state index >= 15 is 0 Å². The lowest BCUT2D eigenvalue weighted by molar-refractivity contribution is -0.123. The van der Waals surface area contributed by atoms with Crippen LogP contribution in [0.5, 0.6) is 11.5 Å². The molecule has 0 heterocycles. The fourth-order valence-corrected chi connectivity index (χ4v) is 1.78. The fourth-order valence-electron chi connectivity index (χ4n) is 1.78. The van der Waals surface area contributed by atoms with E-state index in [0.717, 1.165) is 17.7 Å². The molecule has 0 aromatic heterocycles. The standard InChI is InChI=1S/C17H17F2NO3/c1-12-2-5-14(6-3-12)23-11-17(21)20-8-9-22-16-7-4-13(18)10-15(16)19/h2-7,10H,8-9,11H2,1H3,(H,20,21). The minimum absolute atomic E-state index is 0.0587. The number of hydrogen-bond donors (Lipinski definition) is 1. The molecule has 1 amide bonds. The first-order chi connectivity index (χ1) is 11.0. The molecule has 122 valence electrons. The Balaban J connectivity index is 1.65. The Bertz CT molecular complexity index is 659. The first-order valence-electron chi connectivity index (χ1n) is 7.08. The normalized spacial score (nSPS) is 10.2. The van der Waals surface area contributed by atoms with E-state index in [4.69, 9.17) is 9.47 Å². The maximum absolute atomic E-state index is 13.3. The molecule has 2 aromatic carbocycles. The van der Waals surface area contributed by atoms with Gasteiger partial charge in [-0.3, -0.25) is 4.79 Å². The molecule has 0 unspecified atom stereocenters. The van der Waals surface area contributed by atoms with E-state index in [2.05, 4.69) is 5.32 Å². The molecule has 1 N–H and O–H groups in total. The highest BCUT2D eigenvalue weighted by Gasteiger charge is 2.06. The van der Waals surface area contributed by atoms with Crippen LogP contribution in [0.15, 0.2) is 42.5 Å². The van der Waals surface area contributed by atoms with Gasteiger partial charge in [0.25, 0.3) is 5.91 Å². The van der Waals surface area contributed by atoms with Crippen LogP contribution in [-0.4, -0.2) is 25.7 Å². The van der Waals surface area contributed by atoms with Gasteiger partial charge in [0.2, 0.25) is 0 Å². The zero-order chi connectivity index (χ0) is 16.7. The van der Waals surface area contributed by atoms with Gasteiger partial charge in [0, 0.05) is 6.07 Å². The lowest BCUT2D eigenvalue weighted by atomic mass is 10.2. The molecule has 0 aliphatic rings. The van der Waals surface area contributed by atoms with E-state index in [0.29, 0.717) is 5.75 Å². The first-order valence-corrected chi connectivity index (χ1v) is 7.08. The van der Waals surface area contributed by atoms with Gasteiger partial charge in [-0.05, 0) is 31.2 Å². The number of halogens is 2. The van der Waals surface area contributed by atoms with Gasteiger partial charge in [-0.15, -0.1) is 0 Å². The highest BCUT2D eigenvalue weighted by molar-refractivity contribution is 5.77. The number of ether oxygens (including phenoxy) is 2. The van der Waals surface area contributed by atoms with E-state index in [1.165, 1.54) is 6.07 Å². The van der Waals surface area contributed by atoms with Gasteiger partial charge in [-0.2, -0.15) is 0 Å². The van der Waals surface area contributed by atoms with E-state index in [9.17, 15) is 13.6 Å². The van der Waals surface area contributed by atoms with Gasteiger partial charge >= 0.3 is 0 Å². The number of amides is 1. The van der Waals surface area contributed by atoms with Gasteiger partial charge < -0.3 is 14.8 Å². The van der Waals surface area contributed by atoms with Gasteiger partial charge in [-0.1, -0.05) is 17.7 Å². The van der Waals surface area contributed by atoms with E-state index in [-0.39, 0.29) is 31.4 Å². The molecule has 0 bridgehead atoms. The molecule has 0 saturated carbocycles. The van der Waals surface area contributed by atoms with Crippen LogP contribution in [0.4, 0.5) is 8.78 Å². The minimum atomic E-state index is -0.779. The molecule has 0 spiro atoms. The Morgan fingerprint density at radius 1 is 1.09 bits per heavy atom. The molecule has 0 saturated heterocycles. The van der Waals surface area contributed by atoms with Crippen molar-refractivity contribution in [2.24, 2.45) is 0 Å². The Kier molecular flexibility index (Phi) is 5.91. The number of carbonyl (C=O) groups is 1. The van der Waals surface area contributed by atoms with Crippen molar-refractivity contribution in [3.8, 4) is 11.5 Å². The zero-order valence-corrected chi connectivity index (χ0v) is 12.6. The van der Waals surface area contributed by atoms with Crippen LogP contribution < -0.4 is 14.8 Å². The lowest BCUT2D eigenvalue weighted by Crippen LogP contribution is -2.32. The molecule has 4 nitrogen and oxygen atoms in total. The highest BCUT2D eigenvalue weighted by Crippen LogP contribution is 2.17. The van der Waals surface area contributed by atoms with Crippen molar-refractivity contribution in [2.45, 2.75) is 6.92 Å². The minimum Gasteiger partial charge on any atom is -0.489 e. The van der Waals surface area contributed by atoms with Crippen LogP contribution >= 0.6 is 0 Å². The van der Waals surface area contributed by atoms with Gasteiger partial charge in [0.05, 0.1) is 6.54 Å². The molecule has 2 aromatic rings. The molecule has 6 heteroatoms. The molecule has 0 aliphatic carbocycles. The summed E-state index contributed by atoms with van der Waals surface area (Å²) >= 11 is 0. The Morgan fingerprint density at radius 3 is 2.52 bits per heavy atom. The number of nitrogens with one attached hydrogen (secondary N) is 1. The summed E-state index contributed by atoms with van der Waals surface area (Å²) in [5.41, 5.74) is 1.10. The summed E-state index contributed by atoms with van der Waals surface area (Å²) < 4.78 is 36.5. The van der Waals surface area contributed by atoms with Crippen LogP contribution in [0.2, 0.25) is 0 Å². The van der Waals surface area contributed by atoms with Crippen molar-refractivity contribution in [3.05, 3.63) is 59.7 Å². The van der Waals surface area contributed by atoms with E-state index in [1.54, 1.807) is 12.1 Å². The topological polar surface area (TPSA) is 47.6 Å². The SMILES string of the molecule is Cc1ccc(OCC(=O)NCCOc2ccc(F)cc2F)cc1. The van der Waals surface area contributed by atoms with Crippen molar-refractivity contribution in [1.29, 1.82) is 0 Å². The Morgan fingerprint density at radius 2 is 1.83 bits per heavy atom. The largest absolute Gasteiger partial charge is 0.489 e. The predicted molar refractivity (Wildman–Crippen MR) is 81.5 cm³/mol. The molecular formula is C17H17F2NO3. The van der Waals surface area contributed by atoms with Crippen LogP contribution in [0.25, 0.3) is 0 Å². The quantitative estimate of drug-likeness (QED) is 0.798. The predicted octanol–water partition coefficient (Wildman–Crippen LogP) is 2.85. The number of rotatable bonds is 7. The molecule has 2 rings (SSSR count). The van der Waals surface area contributed by atoms with Crippen molar-refractivity contribution in [1.82, 2.24) is 5.32 Å². The first kappa shape index (κ1) is 16.7. The average Bonchev–Trinajstić information content (AvgIpc) is 2.52. The van der Waals surface area contributed by atoms with Crippen LogP contribution in [-0.2, 0) is 4.79 Å². The van der Waals surface area contributed by atoms with E-state index < -0.39 is 11.6 Å². The average molecular weight is 321 g/mol. The summed E-state index contributed by atoms with van der Waals surface area (Å²) in [6.45, 7) is 2.10. The third kappa shape index (κ3) is 5.58. The van der Waals surface area contributed by atoms with Gasteiger partial charge in [-0.25, -0.2) is 8.78 Å². The number of benzene rings is 2. The van der Waals surface area contributed by atoms with Crippen molar-refractivity contribution in [3.63, 3.8) is 0 Å². The van der Waals surface area contributed by atoms with Gasteiger partial charge in [0.15, 0.2) is 18.2 Å². The van der Waals surface area contributed by atoms with Gasteiger partial charge in [0.1, 0.15) is 18.2 Å². The molecule has 23 heavy (non-hydrogen) atoms. The second-order valence-corrected chi connectivity index (χ2v) is 4.87. The monoisotopic (exact) mass is 321 g/mol. The van der Waals surface area contributed by atoms with Crippen molar-refractivity contribution >= 4 is 5.91 Å². The summed E-state index contributed by atoms with van der Waals surface area (Å²) in [5, 5.41) is 2.58. The van der Waals surface area contributed by atoms with Crippen molar-refractivity contribution in [2.75, 3.05) is 19.8 Å². The summed E-state index contributed by atoms with van der Waals surface area (Å²) in [6.07, 6.45) is 0. The fraction of sp³-hybridized carbons (Fsp3) is 0.235. The maximum Gasteiger partial charge on any atom is 0.258 e. The summed E-state index contributed by atoms with van der Waals surface area (Å²) in [4.78, 5) is 11.6. The molecule has 0 atom stereocenters. The Labute approximate surface area is 133 Å². The summed E-state index contributed by atoms with van der Waals surface area (Å²) in [5.74, 6) is -1.21. The van der Waals surface area contributed by atoms with E-state index in [1.807, 2.05) is 19.1 Å². The number of aryl methyl sites for hydroxylation is 1. The third-order valence-electron chi connectivity index (χ3n) is 2.97. The van der Waals surface area contributed by atoms with Crippen LogP contribution in [0.3, 0.4) is 0 Å². The van der Waals surface area contributed by atoms with Crippen molar-refractivity contribution < 1.29 is 23.0 Å². The summed E-state index contributed by atoms with van der Waals surface area (Å²) in [7, 11) is 0. The zero-order valence-electron chi connectivity index (χ0n) is 12.6. The second kappa shape index (κ2) is 8.12. The smallest absolute Gasteiger partial charge is 0.258 e. The number of hydrogen-bond acceptors (Lipinski definition) is 3. The van der Waals surface area contributed by atoms with Crippen LogP contribution in [0.1, 0.15) is 5.56 Å². The lowest BCUT2D eigenvalue weighted by Gasteiger charge is -2.09. The molecule has 0 radical (unpaired) electrons. The molecular weight excluding hydrogens is 304 g/mol. The highest BCUT2D eigenvalue weighted by atomic mass is 19.1. The molecule has 0 fully saturated rings. The molecule has 0 aliphatic heterocycles. The third-order valence-corrected chi connectivity index (χ3v) is 2.97. The second-order valence-electron chi connectivity index (χ2n) is 4.87. The summed E-state index contributed by atoms with van der Waals surface area (Å²) in [6, 6.07) is 10.4.